The maximum absolute atomic E-state index is 11.5. The summed E-state index contributed by atoms with van der Waals surface area (Å²) in [5.41, 5.74) is 7.65. The van der Waals surface area contributed by atoms with E-state index in [1.54, 1.807) is 19.1 Å². The van der Waals surface area contributed by atoms with Gasteiger partial charge in [0.15, 0.2) is 0 Å². The van der Waals surface area contributed by atoms with Crippen LogP contribution in [0.15, 0.2) is 24.3 Å². The molecular formula is C13H18N2O2. The van der Waals surface area contributed by atoms with Crippen molar-refractivity contribution >= 4 is 11.7 Å². The van der Waals surface area contributed by atoms with E-state index in [2.05, 4.69) is 4.90 Å². The van der Waals surface area contributed by atoms with Crippen molar-refractivity contribution in [1.82, 2.24) is 0 Å². The second-order valence-corrected chi connectivity index (χ2v) is 4.17. The summed E-state index contributed by atoms with van der Waals surface area (Å²) in [6, 6.07) is 7.44. The Bertz CT molecular complexity index is 389. The first kappa shape index (κ1) is 11.9. The van der Waals surface area contributed by atoms with Gasteiger partial charge in [0.25, 0.3) is 0 Å². The second-order valence-electron chi connectivity index (χ2n) is 4.17. The van der Waals surface area contributed by atoms with Crippen LogP contribution in [0, 0.1) is 0 Å². The standard InChI is InChI=1S/C13H18N2O2/c1-2-17-13(16)10-5-7-11(8-6-10)15-9-3-4-12(15)14/h5-8,12H,2-4,9,14H2,1H3/t12-/m0/s1. The lowest BCUT2D eigenvalue weighted by Crippen LogP contribution is -2.36. The number of hydrogen-bond acceptors (Lipinski definition) is 4. The first-order chi connectivity index (χ1) is 8.22. The molecule has 1 saturated heterocycles. The summed E-state index contributed by atoms with van der Waals surface area (Å²) in [7, 11) is 0. The van der Waals surface area contributed by atoms with Gasteiger partial charge in [-0.05, 0) is 44.0 Å². The fourth-order valence-corrected chi connectivity index (χ4v) is 2.12. The Morgan fingerprint density at radius 2 is 2.18 bits per heavy atom. The van der Waals surface area contributed by atoms with Crippen molar-refractivity contribution in [1.29, 1.82) is 0 Å². The minimum Gasteiger partial charge on any atom is -0.462 e. The molecule has 92 valence electrons. The number of anilines is 1. The van der Waals surface area contributed by atoms with Crippen LogP contribution in [-0.2, 0) is 4.74 Å². The van der Waals surface area contributed by atoms with Crippen molar-refractivity contribution < 1.29 is 9.53 Å². The van der Waals surface area contributed by atoms with Gasteiger partial charge in [-0.3, -0.25) is 0 Å². The molecule has 1 aliphatic heterocycles. The monoisotopic (exact) mass is 234 g/mol. The van der Waals surface area contributed by atoms with Crippen molar-refractivity contribution in [3.8, 4) is 0 Å². The molecule has 4 nitrogen and oxygen atoms in total. The van der Waals surface area contributed by atoms with Crippen LogP contribution < -0.4 is 10.6 Å². The van der Waals surface area contributed by atoms with Crippen molar-refractivity contribution in [2.45, 2.75) is 25.9 Å². The molecule has 1 atom stereocenters. The number of nitrogens with two attached hydrogens (primary N) is 1. The molecule has 1 aliphatic rings. The zero-order valence-electron chi connectivity index (χ0n) is 10.1. The molecule has 1 fully saturated rings. The minimum absolute atomic E-state index is 0.100. The fourth-order valence-electron chi connectivity index (χ4n) is 2.12. The van der Waals surface area contributed by atoms with Gasteiger partial charge in [0.2, 0.25) is 0 Å². The molecule has 1 heterocycles. The van der Waals surface area contributed by atoms with Gasteiger partial charge in [-0.25, -0.2) is 4.79 Å². The van der Waals surface area contributed by atoms with Crippen LogP contribution in [-0.4, -0.2) is 25.3 Å². The Labute approximate surface area is 101 Å². The van der Waals surface area contributed by atoms with Crippen LogP contribution in [0.2, 0.25) is 0 Å². The zero-order valence-corrected chi connectivity index (χ0v) is 10.1. The molecule has 0 spiro atoms. The number of nitrogens with zero attached hydrogens (tertiary/aromatic N) is 1. The first-order valence-corrected chi connectivity index (χ1v) is 6.02. The van der Waals surface area contributed by atoms with E-state index in [9.17, 15) is 4.79 Å². The van der Waals surface area contributed by atoms with E-state index in [4.69, 9.17) is 10.5 Å². The predicted octanol–water partition coefficient (Wildman–Crippen LogP) is 1.75. The van der Waals surface area contributed by atoms with Gasteiger partial charge in [-0.15, -0.1) is 0 Å². The highest BCUT2D eigenvalue weighted by Gasteiger charge is 2.20. The normalized spacial score (nSPS) is 19.4. The molecule has 0 aliphatic carbocycles. The third-order valence-corrected chi connectivity index (χ3v) is 3.01. The molecule has 17 heavy (non-hydrogen) atoms. The van der Waals surface area contributed by atoms with E-state index < -0.39 is 0 Å². The summed E-state index contributed by atoms with van der Waals surface area (Å²) in [5.74, 6) is -0.273. The molecule has 0 bridgehead atoms. The Balaban J connectivity index is 2.10. The predicted molar refractivity (Wildman–Crippen MR) is 67.0 cm³/mol. The van der Waals surface area contributed by atoms with Gasteiger partial charge in [0.05, 0.1) is 18.3 Å². The Morgan fingerprint density at radius 1 is 1.47 bits per heavy atom. The summed E-state index contributed by atoms with van der Waals surface area (Å²) in [6.07, 6.45) is 2.25. The number of carbonyl (C=O) groups is 1. The SMILES string of the molecule is CCOC(=O)c1ccc(N2CCC[C@H]2N)cc1. The quantitative estimate of drug-likeness (QED) is 0.809. The van der Waals surface area contributed by atoms with Crippen molar-refractivity contribution in [3.63, 3.8) is 0 Å². The average Bonchev–Trinajstić information content (AvgIpc) is 2.76. The molecule has 0 saturated carbocycles. The van der Waals surface area contributed by atoms with Crippen LogP contribution in [0.5, 0.6) is 0 Å². The Morgan fingerprint density at radius 3 is 2.71 bits per heavy atom. The molecule has 0 aromatic heterocycles. The van der Waals surface area contributed by atoms with Crippen molar-refractivity contribution in [3.05, 3.63) is 29.8 Å². The summed E-state index contributed by atoms with van der Waals surface area (Å²) in [5, 5.41) is 0. The molecule has 1 aromatic carbocycles. The van der Waals surface area contributed by atoms with E-state index in [0.29, 0.717) is 12.2 Å². The number of benzene rings is 1. The number of ether oxygens (including phenoxy) is 1. The number of rotatable bonds is 3. The second kappa shape index (κ2) is 5.19. The van der Waals surface area contributed by atoms with Gasteiger partial charge in [-0.1, -0.05) is 0 Å². The van der Waals surface area contributed by atoms with Crippen LogP contribution >= 0.6 is 0 Å². The van der Waals surface area contributed by atoms with Crippen molar-refractivity contribution in [2.24, 2.45) is 5.73 Å². The van der Waals surface area contributed by atoms with Gasteiger partial charge in [-0.2, -0.15) is 0 Å². The van der Waals surface area contributed by atoms with Crippen LogP contribution in [0.25, 0.3) is 0 Å². The van der Waals surface area contributed by atoms with Gasteiger partial charge >= 0.3 is 5.97 Å². The van der Waals surface area contributed by atoms with E-state index in [0.717, 1.165) is 25.1 Å². The lowest BCUT2D eigenvalue weighted by molar-refractivity contribution is 0.0526. The van der Waals surface area contributed by atoms with Gasteiger partial charge in [0, 0.05) is 12.2 Å². The molecule has 2 N–H and O–H groups in total. The smallest absolute Gasteiger partial charge is 0.338 e. The summed E-state index contributed by atoms with van der Waals surface area (Å²) >= 11 is 0. The molecule has 0 amide bonds. The van der Waals surface area contributed by atoms with Gasteiger partial charge in [0.1, 0.15) is 0 Å². The molecule has 1 aromatic rings. The lowest BCUT2D eigenvalue weighted by atomic mass is 10.2. The summed E-state index contributed by atoms with van der Waals surface area (Å²) in [6.45, 7) is 3.19. The van der Waals surface area contributed by atoms with E-state index >= 15 is 0 Å². The number of hydrogen-bond donors (Lipinski definition) is 1. The van der Waals surface area contributed by atoms with Crippen LogP contribution in [0.1, 0.15) is 30.1 Å². The fraction of sp³-hybridized carbons (Fsp3) is 0.462. The van der Waals surface area contributed by atoms with Crippen LogP contribution in [0.3, 0.4) is 0 Å². The molecule has 2 rings (SSSR count). The van der Waals surface area contributed by atoms with Gasteiger partial charge < -0.3 is 15.4 Å². The summed E-state index contributed by atoms with van der Waals surface area (Å²) < 4.78 is 4.94. The van der Waals surface area contributed by atoms with Crippen molar-refractivity contribution in [2.75, 3.05) is 18.1 Å². The molecule has 4 heteroatoms. The van der Waals surface area contributed by atoms with E-state index in [-0.39, 0.29) is 12.1 Å². The lowest BCUT2D eigenvalue weighted by Gasteiger charge is -2.23. The highest BCUT2D eigenvalue weighted by atomic mass is 16.5. The maximum Gasteiger partial charge on any atom is 0.338 e. The number of carbonyl (C=O) groups excluding carboxylic acids is 1. The first-order valence-electron chi connectivity index (χ1n) is 6.02. The summed E-state index contributed by atoms with van der Waals surface area (Å²) in [4.78, 5) is 13.6. The third kappa shape index (κ3) is 2.58. The maximum atomic E-state index is 11.5. The highest BCUT2D eigenvalue weighted by Crippen LogP contribution is 2.23. The van der Waals surface area contributed by atoms with E-state index in [1.807, 2.05) is 12.1 Å². The third-order valence-electron chi connectivity index (χ3n) is 3.01. The zero-order chi connectivity index (χ0) is 12.3. The van der Waals surface area contributed by atoms with E-state index in [1.165, 1.54) is 0 Å². The van der Waals surface area contributed by atoms with Crippen LogP contribution in [0.4, 0.5) is 5.69 Å². The number of esters is 1. The molecule has 0 radical (unpaired) electrons. The highest BCUT2D eigenvalue weighted by molar-refractivity contribution is 5.89. The minimum atomic E-state index is -0.273. The average molecular weight is 234 g/mol. The topological polar surface area (TPSA) is 55.6 Å². The Kier molecular flexibility index (Phi) is 3.64. The molecular weight excluding hydrogens is 216 g/mol. The Hall–Kier alpha value is -1.55. The molecule has 0 unspecified atom stereocenters. The largest absolute Gasteiger partial charge is 0.462 e.